The summed E-state index contributed by atoms with van der Waals surface area (Å²) in [6, 6.07) is 5.44. The molecule has 1 atom stereocenters. The predicted molar refractivity (Wildman–Crippen MR) is 91.5 cm³/mol. The molecule has 0 bridgehead atoms. The Hall–Kier alpha value is -2.26. The smallest absolute Gasteiger partial charge is 0.251 e. The molecule has 134 valence electrons. The van der Waals surface area contributed by atoms with Crippen LogP contribution < -0.4 is 10.0 Å². The molecule has 0 radical (unpaired) electrons. The van der Waals surface area contributed by atoms with Crippen LogP contribution in [0.3, 0.4) is 0 Å². The number of aryl methyl sites for hydroxylation is 2. The standard InChI is InChI=1S/C16H21N5O3S/c1-3-14-18-15-13(5-4-10-21(15)19-14)20-25(23,24)12-8-6-11(7-9-12)16(22)17-2/h6-9,13,20H,3-5,10H2,1-2H3,(H,17,22)/t13-/m1/s1. The second-order valence-corrected chi connectivity index (χ2v) is 7.60. The fraction of sp³-hybridized carbons (Fsp3) is 0.438. The molecule has 1 aromatic heterocycles. The molecule has 0 fully saturated rings. The van der Waals surface area contributed by atoms with E-state index in [1.165, 1.54) is 31.3 Å². The summed E-state index contributed by atoms with van der Waals surface area (Å²) in [5.41, 5.74) is 0.409. The zero-order chi connectivity index (χ0) is 18.0. The van der Waals surface area contributed by atoms with E-state index in [4.69, 9.17) is 0 Å². The lowest BCUT2D eigenvalue weighted by Gasteiger charge is -2.23. The Bertz CT molecular complexity index is 874. The summed E-state index contributed by atoms with van der Waals surface area (Å²) >= 11 is 0. The molecule has 9 heteroatoms. The first-order chi connectivity index (χ1) is 11.9. The molecule has 0 spiro atoms. The number of rotatable bonds is 5. The molecule has 0 aliphatic carbocycles. The summed E-state index contributed by atoms with van der Waals surface area (Å²) < 4.78 is 29.8. The molecule has 0 saturated heterocycles. The van der Waals surface area contributed by atoms with Crippen LogP contribution in [-0.4, -0.2) is 36.1 Å². The van der Waals surface area contributed by atoms with Crippen LogP contribution in [0.4, 0.5) is 0 Å². The van der Waals surface area contributed by atoms with Crippen molar-refractivity contribution >= 4 is 15.9 Å². The van der Waals surface area contributed by atoms with Crippen LogP contribution in [0.5, 0.6) is 0 Å². The van der Waals surface area contributed by atoms with Gasteiger partial charge < -0.3 is 5.32 Å². The van der Waals surface area contributed by atoms with Gasteiger partial charge in [-0.05, 0) is 37.1 Å². The van der Waals surface area contributed by atoms with Crippen molar-refractivity contribution in [2.45, 2.75) is 43.7 Å². The van der Waals surface area contributed by atoms with E-state index in [0.29, 0.717) is 24.2 Å². The highest BCUT2D eigenvalue weighted by Crippen LogP contribution is 2.25. The maximum absolute atomic E-state index is 12.7. The molecule has 3 rings (SSSR count). The van der Waals surface area contributed by atoms with Crippen LogP contribution in [0.25, 0.3) is 0 Å². The number of nitrogens with one attached hydrogen (secondary N) is 2. The Morgan fingerprint density at radius 1 is 1.32 bits per heavy atom. The number of amides is 1. The van der Waals surface area contributed by atoms with Crippen LogP contribution >= 0.6 is 0 Å². The fourth-order valence-electron chi connectivity index (χ4n) is 2.85. The lowest BCUT2D eigenvalue weighted by Crippen LogP contribution is -2.33. The summed E-state index contributed by atoms with van der Waals surface area (Å²) in [6.07, 6.45) is 2.22. The van der Waals surface area contributed by atoms with Gasteiger partial charge in [0.15, 0.2) is 5.82 Å². The van der Waals surface area contributed by atoms with Crippen molar-refractivity contribution < 1.29 is 13.2 Å². The van der Waals surface area contributed by atoms with E-state index in [-0.39, 0.29) is 10.8 Å². The summed E-state index contributed by atoms with van der Waals surface area (Å²) in [7, 11) is -2.19. The number of aromatic nitrogens is 3. The molecule has 0 unspecified atom stereocenters. The normalized spacial score (nSPS) is 17.1. The van der Waals surface area contributed by atoms with E-state index in [9.17, 15) is 13.2 Å². The minimum absolute atomic E-state index is 0.118. The molecule has 1 aliphatic rings. The highest BCUT2D eigenvalue weighted by atomic mass is 32.2. The van der Waals surface area contributed by atoms with Crippen LogP contribution in [0.2, 0.25) is 0 Å². The molecule has 2 aromatic rings. The fourth-order valence-corrected chi connectivity index (χ4v) is 4.07. The van der Waals surface area contributed by atoms with Crippen LogP contribution in [0.1, 0.15) is 47.8 Å². The maximum Gasteiger partial charge on any atom is 0.251 e. The lowest BCUT2D eigenvalue weighted by atomic mass is 10.1. The van der Waals surface area contributed by atoms with Crippen molar-refractivity contribution in [2.24, 2.45) is 0 Å². The summed E-state index contributed by atoms with van der Waals surface area (Å²) in [4.78, 5) is 16.1. The van der Waals surface area contributed by atoms with Crippen molar-refractivity contribution in [3.05, 3.63) is 41.5 Å². The van der Waals surface area contributed by atoms with Gasteiger partial charge in [0.2, 0.25) is 10.0 Å². The number of hydrogen-bond donors (Lipinski definition) is 2. The lowest BCUT2D eigenvalue weighted by molar-refractivity contribution is 0.0963. The molecule has 25 heavy (non-hydrogen) atoms. The van der Waals surface area contributed by atoms with E-state index in [2.05, 4.69) is 20.1 Å². The van der Waals surface area contributed by atoms with E-state index >= 15 is 0 Å². The number of carbonyl (C=O) groups is 1. The highest BCUT2D eigenvalue weighted by Gasteiger charge is 2.28. The van der Waals surface area contributed by atoms with Crippen LogP contribution in [0.15, 0.2) is 29.2 Å². The van der Waals surface area contributed by atoms with Crippen LogP contribution in [-0.2, 0) is 23.0 Å². The second-order valence-electron chi connectivity index (χ2n) is 5.88. The maximum atomic E-state index is 12.7. The molecule has 2 N–H and O–H groups in total. The van der Waals surface area contributed by atoms with E-state index in [1.807, 2.05) is 6.92 Å². The molecule has 1 amide bonds. The van der Waals surface area contributed by atoms with Crippen LogP contribution in [0, 0.1) is 0 Å². The molecular formula is C16H21N5O3S. The predicted octanol–water partition coefficient (Wildman–Crippen LogP) is 1.01. The molecular weight excluding hydrogens is 342 g/mol. The van der Waals surface area contributed by atoms with Crippen molar-refractivity contribution in [2.75, 3.05) is 7.05 Å². The van der Waals surface area contributed by atoms with Crippen molar-refractivity contribution in [1.82, 2.24) is 24.8 Å². The van der Waals surface area contributed by atoms with Gasteiger partial charge in [-0.1, -0.05) is 6.92 Å². The van der Waals surface area contributed by atoms with E-state index in [0.717, 1.165) is 18.8 Å². The topological polar surface area (TPSA) is 106 Å². The Morgan fingerprint density at radius 3 is 2.68 bits per heavy atom. The van der Waals surface area contributed by atoms with E-state index < -0.39 is 16.1 Å². The average molecular weight is 363 g/mol. The molecule has 2 heterocycles. The number of benzene rings is 1. The Balaban J connectivity index is 1.83. The third kappa shape index (κ3) is 3.57. The molecule has 0 saturated carbocycles. The van der Waals surface area contributed by atoms with Crippen molar-refractivity contribution in [3.8, 4) is 0 Å². The number of hydrogen-bond acceptors (Lipinski definition) is 5. The summed E-state index contributed by atoms with van der Waals surface area (Å²) in [5, 5.41) is 6.89. The van der Waals surface area contributed by atoms with Gasteiger partial charge in [-0.3, -0.25) is 4.79 Å². The highest BCUT2D eigenvalue weighted by molar-refractivity contribution is 7.89. The zero-order valence-corrected chi connectivity index (χ0v) is 15.0. The summed E-state index contributed by atoms with van der Waals surface area (Å²) in [5.74, 6) is 1.12. The van der Waals surface area contributed by atoms with Gasteiger partial charge >= 0.3 is 0 Å². The van der Waals surface area contributed by atoms with Gasteiger partial charge in [0.25, 0.3) is 5.91 Å². The first-order valence-electron chi connectivity index (χ1n) is 8.22. The van der Waals surface area contributed by atoms with Gasteiger partial charge in [-0.15, -0.1) is 0 Å². The van der Waals surface area contributed by atoms with Crippen molar-refractivity contribution in [1.29, 1.82) is 0 Å². The Kier molecular flexibility index (Phi) is 4.87. The minimum Gasteiger partial charge on any atom is -0.355 e. The number of carbonyl (C=O) groups excluding carboxylic acids is 1. The first kappa shape index (κ1) is 17.6. The Labute approximate surface area is 146 Å². The molecule has 8 nitrogen and oxygen atoms in total. The number of sulfonamides is 1. The van der Waals surface area contributed by atoms with Gasteiger partial charge in [0.1, 0.15) is 5.82 Å². The zero-order valence-electron chi connectivity index (χ0n) is 14.2. The largest absolute Gasteiger partial charge is 0.355 e. The third-order valence-corrected chi connectivity index (χ3v) is 5.67. The third-order valence-electron chi connectivity index (χ3n) is 4.19. The summed E-state index contributed by atoms with van der Waals surface area (Å²) in [6.45, 7) is 2.72. The van der Waals surface area contributed by atoms with Crippen molar-refractivity contribution in [3.63, 3.8) is 0 Å². The molecule has 1 aliphatic heterocycles. The van der Waals surface area contributed by atoms with Gasteiger partial charge in [0.05, 0.1) is 10.9 Å². The number of fused-ring (bicyclic) bond motifs is 1. The average Bonchev–Trinajstić information content (AvgIpc) is 3.05. The quantitative estimate of drug-likeness (QED) is 0.825. The van der Waals surface area contributed by atoms with E-state index in [1.54, 1.807) is 4.68 Å². The monoisotopic (exact) mass is 363 g/mol. The SMILES string of the molecule is CCc1nc2n(n1)CCC[C@H]2NS(=O)(=O)c1ccc(C(=O)NC)cc1. The molecule has 1 aromatic carbocycles. The first-order valence-corrected chi connectivity index (χ1v) is 9.71. The van der Waals surface area contributed by atoms with Gasteiger partial charge in [0, 0.05) is 25.6 Å². The van der Waals surface area contributed by atoms with Gasteiger partial charge in [-0.2, -0.15) is 5.10 Å². The number of nitrogens with zero attached hydrogens (tertiary/aromatic N) is 3. The minimum atomic E-state index is -3.71. The van der Waals surface area contributed by atoms with Gasteiger partial charge in [-0.25, -0.2) is 22.8 Å². The Morgan fingerprint density at radius 2 is 2.04 bits per heavy atom. The second kappa shape index (κ2) is 6.93.